The Morgan fingerprint density at radius 3 is 3.14 bits per heavy atom. The second-order valence-corrected chi connectivity index (χ2v) is 3.26. The Kier molecular flexibility index (Phi) is 3.99. The molecule has 1 heterocycles. The van der Waals surface area contributed by atoms with E-state index in [0.29, 0.717) is 12.3 Å². The maximum Gasteiger partial charge on any atom is 0.427 e. The van der Waals surface area contributed by atoms with Crippen molar-refractivity contribution in [1.82, 2.24) is 15.0 Å². The summed E-state index contributed by atoms with van der Waals surface area (Å²) in [6.07, 6.45) is 0.847. The van der Waals surface area contributed by atoms with Crippen LogP contribution < -0.4 is 5.43 Å². The Labute approximate surface area is 85.1 Å². The maximum atomic E-state index is 10.8. The van der Waals surface area contributed by atoms with Gasteiger partial charge in [0, 0.05) is 0 Å². The highest BCUT2D eigenvalue weighted by atomic mass is 32.1. The average Bonchev–Trinajstić information content (AvgIpc) is 2.52. The molecule has 1 aromatic rings. The van der Waals surface area contributed by atoms with Crippen molar-refractivity contribution in [2.45, 2.75) is 13.8 Å². The topological polar surface area (TPSA) is 76.5 Å². The van der Waals surface area contributed by atoms with Gasteiger partial charge in [-0.25, -0.2) is 10.2 Å². The first-order chi connectivity index (χ1) is 6.74. The van der Waals surface area contributed by atoms with Crippen LogP contribution in [0.3, 0.4) is 0 Å². The molecule has 0 aliphatic heterocycles. The molecule has 0 atom stereocenters. The highest BCUT2D eigenvalue weighted by Crippen LogP contribution is 2.04. The van der Waals surface area contributed by atoms with Crippen molar-refractivity contribution >= 4 is 23.8 Å². The lowest BCUT2D eigenvalue weighted by molar-refractivity contribution is 0.152. The standard InChI is InChI=1S/C7H10N4O2S/c1-3-13-7(12)10-8-4-6-5(2)14-11-9-6/h4H,3H2,1-2H3,(H,10,12)/b8-4+. The first-order valence-electron chi connectivity index (χ1n) is 3.98. The van der Waals surface area contributed by atoms with Crippen molar-refractivity contribution in [3.05, 3.63) is 10.6 Å². The van der Waals surface area contributed by atoms with Gasteiger partial charge in [-0.2, -0.15) is 5.10 Å². The quantitative estimate of drug-likeness (QED) is 0.599. The molecule has 0 fully saturated rings. The van der Waals surface area contributed by atoms with Gasteiger partial charge in [-0.15, -0.1) is 5.10 Å². The van der Waals surface area contributed by atoms with Crippen molar-refractivity contribution in [3.63, 3.8) is 0 Å². The van der Waals surface area contributed by atoms with E-state index < -0.39 is 6.09 Å². The number of ether oxygens (including phenoxy) is 1. The lowest BCUT2D eigenvalue weighted by Crippen LogP contribution is -2.18. The summed E-state index contributed by atoms with van der Waals surface area (Å²) < 4.78 is 8.31. The van der Waals surface area contributed by atoms with Gasteiger partial charge in [0.25, 0.3) is 0 Å². The van der Waals surface area contributed by atoms with Gasteiger partial charge in [0.1, 0.15) is 5.69 Å². The summed E-state index contributed by atoms with van der Waals surface area (Å²) in [5, 5.41) is 7.43. The van der Waals surface area contributed by atoms with Gasteiger partial charge in [-0.3, -0.25) is 0 Å². The number of aromatic nitrogens is 2. The van der Waals surface area contributed by atoms with Crippen LogP contribution >= 0.6 is 11.5 Å². The third kappa shape index (κ3) is 3.09. The van der Waals surface area contributed by atoms with E-state index in [0.717, 1.165) is 4.88 Å². The van der Waals surface area contributed by atoms with E-state index in [1.807, 2.05) is 6.92 Å². The summed E-state index contributed by atoms with van der Waals surface area (Å²) in [6.45, 7) is 3.91. The van der Waals surface area contributed by atoms with Crippen LogP contribution in [0.25, 0.3) is 0 Å². The van der Waals surface area contributed by atoms with Crippen molar-refractivity contribution in [1.29, 1.82) is 0 Å². The molecule has 0 spiro atoms. The summed E-state index contributed by atoms with van der Waals surface area (Å²) in [4.78, 5) is 11.7. The van der Waals surface area contributed by atoms with E-state index in [-0.39, 0.29) is 0 Å². The Balaban J connectivity index is 2.42. The summed E-state index contributed by atoms with van der Waals surface area (Å²) in [7, 11) is 0. The number of hydrogen-bond acceptors (Lipinski definition) is 6. The SMILES string of the molecule is CCOC(=O)N/N=C/c1nnsc1C. The lowest BCUT2D eigenvalue weighted by Gasteiger charge is -1.97. The minimum Gasteiger partial charge on any atom is -0.449 e. The molecule has 76 valence electrons. The number of nitrogens with zero attached hydrogens (tertiary/aromatic N) is 3. The number of rotatable bonds is 3. The Hall–Kier alpha value is -1.50. The molecule has 0 aromatic carbocycles. The minimum absolute atomic E-state index is 0.318. The lowest BCUT2D eigenvalue weighted by atomic mass is 10.4. The fourth-order valence-electron chi connectivity index (χ4n) is 0.669. The van der Waals surface area contributed by atoms with Gasteiger partial charge >= 0.3 is 6.09 Å². The van der Waals surface area contributed by atoms with Crippen LogP contribution in [-0.4, -0.2) is 28.5 Å². The van der Waals surface area contributed by atoms with Gasteiger partial charge in [-0.05, 0) is 25.4 Å². The van der Waals surface area contributed by atoms with Crippen LogP contribution in [0.5, 0.6) is 0 Å². The fourth-order valence-corrected chi connectivity index (χ4v) is 1.11. The van der Waals surface area contributed by atoms with Gasteiger partial charge < -0.3 is 4.74 Å². The largest absolute Gasteiger partial charge is 0.449 e. The van der Waals surface area contributed by atoms with Crippen LogP contribution in [0, 0.1) is 6.92 Å². The number of carbonyl (C=O) groups is 1. The third-order valence-electron chi connectivity index (χ3n) is 1.31. The molecule has 14 heavy (non-hydrogen) atoms. The fraction of sp³-hybridized carbons (Fsp3) is 0.429. The van der Waals surface area contributed by atoms with Gasteiger partial charge in [0.05, 0.1) is 17.7 Å². The molecule has 0 aliphatic rings. The molecule has 1 aromatic heterocycles. The molecule has 6 nitrogen and oxygen atoms in total. The Morgan fingerprint density at radius 1 is 1.79 bits per heavy atom. The van der Waals surface area contributed by atoms with Crippen LogP contribution in [0.15, 0.2) is 5.10 Å². The monoisotopic (exact) mass is 214 g/mol. The second-order valence-electron chi connectivity index (χ2n) is 2.30. The van der Waals surface area contributed by atoms with E-state index in [2.05, 4.69) is 24.9 Å². The first kappa shape index (κ1) is 10.6. The average molecular weight is 214 g/mol. The number of amides is 1. The zero-order valence-electron chi connectivity index (χ0n) is 7.85. The molecular formula is C7H10N4O2S. The molecule has 0 bridgehead atoms. The zero-order chi connectivity index (χ0) is 10.4. The molecule has 1 N–H and O–H groups in total. The predicted molar refractivity (Wildman–Crippen MR) is 52.4 cm³/mol. The minimum atomic E-state index is -0.579. The third-order valence-corrected chi connectivity index (χ3v) is 1.95. The zero-order valence-corrected chi connectivity index (χ0v) is 8.67. The number of carbonyl (C=O) groups excluding carboxylic acids is 1. The smallest absolute Gasteiger partial charge is 0.427 e. The van der Waals surface area contributed by atoms with Crippen LogP contribution in [-0.2, 0) is 4.74 Å². The van der Waals surface area contributed by atoms with E-state index in [9.17, 15) is 4.79 Å². The van der Waals surface area contributed by atoms with Crippen LogP contribution in [0.4, 0.5) is 4.79 Å². The molecule has 0 aliphatic carbocycles. The second kappa shape index (κ2) is 5.28. The maximum absolute atomic E-state index is 10.8. The van der Waals surface area contributed by atoms with Gasteiger partial charge in [-0.1, -0.05) is 4.49 Å². The van der Waals surface area contributed by atoms with Gasteiger partial charge in [0.15, 0.2) is 0 Å². The van der Waals surface area contributed by atoms with Crippen LogP contribution in [0.2, 0.25) is 0 Å². The molecule has 0 radical (unpaired) electrons. The number of hydrazone groups is 1. The number of hydrogen-bond donors (Lipinski definition) is 1. The molecule has 0 unspecified atom stereocenters. The van der Waals surface area contributed by atoms with E-state index >= 15 is 0 Å². The molecule has 1 rings (SSSR count). The normalized spacial score (nSPS) is 10.4. The molecule has 0 saturated carbocycles. The van der Waals surface area contributed by atoms with Crippen molar-refractivity contribution in [2.75, 3.05) is 6.61 Å². The highest BCUT2D eigenvalue weighted by molar-refractivity contribution is 7.05. The van der Waals surface area contributed by atoms with Crippen molar-refractivity contribution in [2.24, 2.45) is 5.10 Å². The molecule has 0 saturated heterocycles. The Morgan fingerprint density at radius 2 is 2.57 bits per heavy atom. The summed E-state index contributed by atoms with van der Waals surface area (Å²) in [6, 6.07) is 0. The molecular weight excluding hydrogens is 204 g/mol. The molecule has 7 heteroatoms. The number of nitrogens with one attached hydrogen (secondary N) is 1. The number of aryl methyl sites for hydroxylation is 1. The van der Waals surface area contributed by atoms with Crippen LogP contribution in [0.1, 0.15) is 17.5 Å². The van der Waals surface area contributed by atoms with Crippen molar-refractivity contribution in [3.8, 4) is 0 Å². The predicted octanol–water partition coefficient (Wildman–Crippen LogP) is 0.927. The molecule has 1 amide bonds. The Bertz CT molecular complexity index is 336. The summed E-state index contributed by atoms with van der Waals surface area (Å²) in [5.41, 5.74) is 2.84. The van der Waals surface area contributed by atoms with E-state index in [1.54, 1.807) is 6.92 Å². The van der Waals surface area contributed by atoms with Gasteiger partial charge in [0.2, 0.25) is 0 Å². The summed E-state index contributed by atoms with van der Waals surface area (Å²) >= 11 is 1.28. The highest BCUT2D eigenvalue weighted by Gasteiger charge is 1.99. The van der Waals surface area contributed by atoms with E-state index in [1.165, 1.54) is 17.7 Å². The van der Waals surface area contributed by atoms with Crippen molar-refractivity contribution < 1.29 is 9.53 Å². The first-order valence-corrected chi connectivity index (χ1v) is 4.76. The van der Waals surface area contributed by atoms with E-state index in [4.69, 9.17) is 0 Å². The summed E-state index contributed by atoms with van der Waals surface area (Å²) in [5.74, 6) is 0.